The van der Waals surface area contributed by atoms with Crippen LogP contribution in [0.15, 0.2) is 6.07 Å². The molecule has 2 atom stereocenters. The van der Waals surface area contributed by atoms with Crippen molar-refractivity contribution in [3.05, 3.63) is 16.6 Å². The Labute approximate surface area is 155 Å². The van der Waals surface area contributed by atoms with Gasteiger partial charge in [0, 0.05) is 12.4 Å². The number of nitrogens with zero attached hydrogens (tertiary/aromatic N) is 2. The van der Waals surface area contributed by atoms with Crippen LogP contribution in [-0.2, 0) is 16.6 Å². The van der Waals surface area contributed by atoms with Crippen molar-refractivity contribution < 1.29 is 19.5 Å². The van der Waals surface area contributed by atoms with Gasteiger partial charge >= 0.3 is 5.97 Å². The first-order chi connectivity index (χ1) is 12.2. The Kier molecular flexibility index (Phi) is 6.36. The van der Waals surface area contributed by atoms with E-state index in [2.05, 4.69) is 15.7 Å². The monoisotopic (exact) mass is 380 g/mol. The number of thiophene rings is 1. The van der Waals surface area contributed by atoms with Crippen molar-refractivity contribution in [2.75, 3.05) is 0 Å². The van der Waals surface area contributed by atoms with Gasteiger partial charge in [0.1, 0.15) is 16.9 Å². The summed E-state index contributed by atoms with van der Waals surface area (Å²) < 4.78 is 1.72. The number of rotatable bonds is 8. The van der Waals surface area contributed by atoms with Gasteiger partial charge in [-0.1, -0.05) is 19.8 Å². The van der Waals surface area contributed by atoms with Crippen LogP contribution in [0.25, 0.3) is 10.2 Å². The van der Waals surface area contributed by atoms with Gasteiger partial charge in [-0.15, -0.1) is 11.3 Å². The molecule has 8 nitrogen and oxygen atoms in total. The van der Waals surface area contributed by atoms with E-state index in [-0.39, 0.29) is 5.91 Å². The molecular weight excluding hydrogens is 356 g/mol. The van der Waals surface area contributed by atoms with E-state index in [1.807, 2.05) is 20.9 Å². The minimum atomic E-state index is -1.07. The third-order valence-electron chi connectivity index (χ3n) is 4.12. The normalized spacial score (nSPS) is 13.4. The van der Waals surface area contributed by atoms with Crippen LogP contribution in [0.2, 0.25) is 0 Å². The van der Waals surface area contributed by atoms with E-state index < -0.39 is 24.0 Å². The molecule has 3 N–H and O–H groups in total. The molecule has 2 aromatic rings. The molecule has 2 rings (SSSR count). The van der Waals surface area contributed by atoms with Gasteiger partial charge in [-0.3, -0.25) is 14.3 Å². The van der Waals surface area contributed by atoms with Crippen LogP contribution in [0.1, 0.15) is 48.5 Å². The highest BCUT2D eigenvalue weighted by atomic mass is 32.1. The molecule has 0 aliphatic carbocycles. The van der Waals surface area contributed by atoms with Crippen LogP contribution < -0.4 is 10.6 Å². The van der Waals surface area contributed by atoms with Crippen molar-refractivity contribution in [3.63, 3.8) is 0 Å². The fourth-order valence-corrected chi connectivity index (χ4v) is 3.64. The van der Waals surface area contributed by atoms with E-state index in [0.29, 0.717) is 17.7 Å². The molecule has 0 fully saturated rings. The highest BCUT2D eigenvalue weighted by Crippen LogP contribution is 2.27. The summed E-state index contributed by atoms with van der Waals surface area (Å²) in [6.07, 6.45) is 1.90. The molecule has 2 heterocycles. The molecule has 0 radical (unpaired) electrons. The summed E-state index contributed by atoms with van der Waals surface area (Å²) in [6, 6.07) is -0.0286. The third-order valence-corrected chi connectivity index (χ3v) is 5.32. The van der Waals surface area contributed by atoms with E-state index in [1.54, 1.807) is 10.7 Å². The predicted octanol–water partition coefficient (Wildman–Crippen LogP) is 1.82. The number of carbonyl (C=O) groups is 3. The standard InChI is InChI=1S/C17H24N4O4S/c1-5-6-7-12(17(24)25)19-14(22)10(3)18-15(23)13-8-11-9(2)20-21(4)16(11)26-13/h8,10,12H,5-7H2,1-4H3,(H,18,23)(H,19,22)(H,24,25)/t10?,12-/m0/s1. The first-order valence-electron chi connectivity index (χ1n) is 8.51. The van der Waals surface area contributed by atoms with Crippen LogP contribution in [0.3, 0.4) is 0 Å². The molecule has 0 saturated carbocycles. The molecule has 142 valence electrons. The zero-order chi connectivity index (χ0) is 19.4. The highest BCUT2D eigenvalue weighted by molar-refractivity contribution is 7.20. The number of unbranched alkanes of at least 4 members (excludes halogenated alkanes) is 1. The second-order valence-electron chi connectivity index (χ2n) is 6.28. The van der Waals surface area contributed by atoms with Crippen molar-refractivity contribution in [2.24, 2.45) is 7.05 Å². The fourth-order valence-electron chi connectivity index (χ4n) is 2.61. The second-order valence-corrected chi connectivity index (χ2v) is 7.31. The van der Waals surface area contributed by atoms with Crippen molar-refractivity contribution in [1.29, 1.82) is 0 Å². The molecule has 2 aromatic heterocycles. The smallest absolute Gasteiger partial charge is 0.326 e. The van der Waals surface area contributed by atoms with Crippen LogP contribution in [-0.4, -0.2) is 44.8 Å². The number of nitrogens with one attached hydrogen (secondary N) is 2. The van der Waals surface area contributed by atoms with E-state index in [1.165, 1.54) is 18.3 Å². The maximum atomic E-state index is 12.4. The number of carbonyl (C=O) groups excluding carboxylic acids is 2. The van der Waals surface area contributed by atoms with Gasteiger partial charge in [0.2, 0.25) is 5.91 Å². The molecular formula is C17H24N4O4S. The Morgan fingerprint density at radius 2 is 2.04 bits per heavy atom. The number of aromatic nitrogens is 2. The molecule has 0 spiro atoms. The molecule has 0 aromatic carbocycles. The van der Waals surface area contributed by atoms with Gasteiger partial charge in [-0.2, -0.15) is 5.10 Å². The molecule has 0 bridgehead atoms. The number of amides is 2. The molecule has 26 heavy (non-hydrogen) atoms. The molecule has 0 aliphatic heterocycles. The lowest BCUT2D eigenvalue weighted by atomic mass is 10.1. The number of hydrogen-bond donors (Lipinski definition) is 3. The van der Waals surface area contributed by atoms with Crippen LogP contribution in [0.5, 0.6) is 0 Å². The fraction of sp³-hybridized carbons (Fsp3) is 0.529. The summed E-state index contributed by atoms with van der Waals surface area (Å²) in [4.78, 5) is 37.2. The Bertz CT molecular complexity index is 792. The minimum absolute atomic E-state index is 0.362. The van der Waals surface area contributed by atoms with E-state index >= 15 is 0 Å². The Morgan fingerprint density at radius 1 is 1.35 bits per heavy atom. The van der Waals surface area contributed by atoms with Gasteiger partial charge in [-0.25, -0.2) is 4.79 Å². The average molecular weight is 380 g/mol. The van der Waals surface area contributed by atoms with Crippen molar-refractivity contribution in [2.45, 2.75) is 52.1 Å². The molecule has 0 saturated heterocycles. The van der Waals surface area contributed by atoms with Gasteiger partial charge in [0.05, 0.1) is 10.6 Å². The number of carboxylic acids is 1. The first kappa shape index (κ1) is 19.9. The SMILES string of the molecule is CCCC[C@H](NC(=O)C(C)NC(=O)c1cc2c(C)nn(C)c2s1)C(=O)O. The van der Waals surface area contributed by atoms with Crippen molar-refractivity contribution in [1.82, 2.24) is 20.4 Å². The summed E-state index contributed by atoms with van der Waals surface area (Å²) in [5, 5.41) is 19.5. The number of aliphatic carboxylic acids is 1. The predicted molar refractivity (Wildman–Crippen MR) is 99.3 cm³/mol. The maximum absolute atomic E-state index is 12.4. The highest BCUT2D eigenvalue weighted by Gasteiger charge is 2.24. The molecule has 1 unspecified atom stereocenters. The zero-order valence-electron chi connectivity index (χ0n) is 15.3. The zero-order valence-corrected chi connectivity index (χ0v) is 16.1. The first-order valence-corrected chi connectivity index (χ1v) is 9.33. The number of carboxylic acid groups (broad SMARTS) is 1. The lowest BCUT2D eigenvalue weighted by Crippen LogP contribution is -2.50. The lowest BCUT2D eigenvalue weighted by molar-refractivity contribution is -0.142. The topological polar surface area (TPSA) is 113 Å². The van der Waals surface area contributed by atoms with Crippen LogP contribution >= 0.6 is 11.3 Å². The molecule has 9 heteroatoms. The summed E-state index contributed by atoms with van der Waals surface area (Å²) in [6.45, 7) is 5.35. The van der Waals surface area contributed by atoms with Gasteiger partial charge in [0.25, 0.3) is 5.91 Å². The summed E-state index contributed by atoms with van der Waals surface area (Å²) in [5.74, 6) is -1.95. The minimum Gasteiger partial charge on any atom is -0.480 e. The number of fused-ring (bicyclic) bond motifs is 1. The number of aryl methyl sites for hydroxylation is 2. The second kappa shape index (κ2) is 8.31. The maximum Gasteiger partial charge on any atom is 0.326 e. The van der Waals surface area contributed by atoms with Crippen LogP contribution in [0.4, 0.5) is 0 Å². The molecule has 0 aliphatic rings. The summed E-state index contributed by atoms with van der Waals surface area (Å²) >= 11 is 1.30. The average Bonchev–Trinajstić information content (AvgIpc) is 3.13. The van der Waals surface area contributed by atoms with Crippen molar-refractivity contribution in [3.8, 4) is 0 Å². The third kappa shape index (κ3) is 4.40. The van der Waals surface area contributed by atoms with Gasteiger partial charge < -0.3 is 15.7 Å². The van der Waals surface area contributed by atoms with E-state index in [9.17, 15) is 19.5 Å². The van der Waals surface area contributed by atoms with Gasteiger partial charge in [-0.05, 0) is 26.3 Å². The quantitative estimate of drug-likeness (QED) is 0.646. The Hall–Kier alpha value is -2.42. The van der Waals surface area contributed by atoms with E-state index in [4.69, 9.17) is 0 Å². The summed E-state index contributed by atoms with van der Waals surface area (Å²) in [5.41, 5.74) is 0.837. The van der Waals surface area contributed by atoms with Gasteiger partial charge in [0.15, 0.2) is 0 Å². The Morgan fingerprint density at radius 3 is 2.62 bits per heavy atom. The lowest BCUT2D eigenvalue weighted by Gasteiger charge is -2.18. The van der Waals surface area contributed by atoms with Crippen LogP contribution in [0, 0.1) is 6.92 Å². The largest absolute Gasteiger partial charge is 0.480 e. The Balaban J connectivity index is 2.01. The van der Waals surface area contributed by atoms with E-state index in [0.717, 1.165) is 22.3 Å². The summed E-state index contributed by atoms with van der Waals surface area (Å²) in [7, 11) is 1.81. The molecule has 2 amide bonds. The number of hydrogen-bond acceptors (Lipinski definition) is 5. The van der Waals surface area contributed by atoms with Crippen molar-refractivity contribution >= 4 is 39.3 Å².